The van der Waals surface area contributed by atoms with Crippen molar-refractivity contribution in [3.8, 4) is 0 Å². The zero-order chi connectivity index (χ0) is 12.5. The molecular weight excluding hydrogens is 216 g/mol. The van der Waals surface area contributed by atoms with E-state index in [0.29, 0.717) is 0 Å². The first-order chi connectivity index (χ1) is 8.02. The summed E-state index contributed by atoms with van der Waals surface area (Å²) in [6, 6.07) is 3.84. The van der Waals surface area contributed by atoms with E-state index in [1.54, 1.807) is 6.20 Å². The van der Waals surface area contributed by atoms with Crippen LogP contribution in [0.4, 0.5) is 5.82 Å². The van der Waals surface area contributed by atoms with Crippen molar-refractivity contribution >= 4 is 11.8 Å². The number of nitrogens with one attached hydrogen (secondary N) is 1. The number of pyridine rings is 1. The molecule has 17 heavy (non-hydrogen) atoms. The largest absolute Gasteiger partial charge is 0.481 e. The van der Waals surface area contributed by atoms with E-state index < -0.39 is 11.4 Å². The van der Waals surface area contributed by atoms with Crippen LogP contribution in [0.15, 0.2) is 18.3 Å². The topological polar surface area (TPSA) is 62.2 Å². The predicted molar refractivity (Wildman–Crippen MR) is 66.0 cm³/mol. The molecule has 2 rings (SSSR count). The minimum atomic E-state index is -0.723. The molecule has 0 aliphatic heterocycles. The van der Waals surface area contributed by atoms with Gasteiger partial charge in [-0.25, -0.2) is 4.98 Å². The van der Waals surface area contributed by atoms with E-state index in [2.05, 4.69) is 10.3 Å². The van der Waals surface area contributed by atoms with Gasteiger partial charge in [0.25, 0.3) is 0 Å². The van der Waals surface area contributed by atoms with Crippen molar-refractivity contribution in [3.63, 3.8) is 0 Å². The maximum atomic E-state index is 11.3. The highest BCUT2D eigenvalue weighted by atomic mass is 16.4. The van der Waals surface area contributed by atoms with E-state index in [4.69, 9.17) is 0 Å². The van der Waals surface area contributed by atoms with E-state index in [-0.39, 0.29) is 6.04 Å². The van der Waals surface area contributed by atoms with Gasteiger partial charge in [-0.15, -0.1) is 0 Å². The fourth-order valence-electron chi connectivity index (χ4n) is 2.39. The minimum Gasteiger partial charge on any atom is -0.481 e. The smallest absolute Gasteiger partial charge is 0.311 e. The van der Waals surface area contributed by atoms with Crippen molar-refractivity contribution in [3.05, 3.63) is 23.9 Å². The lowest BCUT2D eigenvalue weighted by molar-refractivity contribution is -0.147. The van der Waals surface area contributed by atoms with Crippen molar-refractivity contribution in [1.82, 2.24) is 4.98 Å². The fourth-order valence-corrected chi connectivity index (χ4v) is 2.39. The monoisotopic (exact) mass is 234 g/mol. The quantitative estimate of drug-likeness (QED) is 0.843. The molecule has 2 unspecified atom stereocenters. The zero-order valence-electron chi connectivity index (χ0n) is 10.2. The minimum absolute atomic E-state index is 0.0322. The average Bonchev–Trinajstić information content (AvgIpc) is 2.65. The Bertz CT molecular complexity index is 416. The summed E-state index contributed by atoms with van der Waals surface area (Å²) in [5.41, 5.74) is 0.426. The molecule has 2 N–H and O–H groups in total. The summed E-state index contributed by atoms with van der Waals surface area (Å²) in [5.74, 6) is 0.0367. The van der Waals surface area contributed by atoms with Crippen molar-refractivity contribution in [2.75, 3.05) is 5.32 Å². The molecule has 92 valence electrons. The maximum Gasteiger partial charge on any atom is 0.311 e. The second kappa shape index (κ2) is 4.35. The number of carbonyl (C=O) groups is 1. The van der Waals surface area contributed by atoms with Gasteiger partial charge in [0.2, 0.25) is 0 Å². The number of rotatable bonds is 3. The van der Waals surface area contributed by atoms with Crippen LogP contribution in [0.3, 0.4) is 0 Å². The molecule has 0 bridgehead atoms. The van der Waals surface area contributed by atoms with Crippen LogP contribution in [0.1, 0.15) is 31.7 Å². The Morgan fingerprint density at radius 2 is 2.35 bits per heavy atom. The summed E-state index contributed by atoms with van der Waals surface area (Å²) in [4.78, 5) is 15.6. The lowest BCUT2D eigenvalue weighted by Gasteiger charge is -2.28. The van der Waals surface area contributed by atoms with E-state index in [1.807, 2.05) is 26.0 Å². The third-order valence-electron chi connectivity index (χ3n) is 3.68. The number of aryl methyl sites for hydroxylation is 1. The molecule has 1 saturated carbocycles. The Morgan fingerprint density at radius 3 is 2.94 bits per heavy atom. The number of aliphatic carboxylic acids is 1. The lowest BCUT2D eigenvalue weighted by Crippen LogP contribution is -2.40. The molecule has 0 aromatic carbocycles. The number of aromatic nitrogens is 1. The van der Waals surface area contributed by atoms with Crippen molar-refractivity contribution in [1.29, 1.82) is 0 Å². The molecule has 0 spiro atoms. The van der Waals surface area contributed by atoms with Crippen LogP contribution in [-0.4, -0.2) is 22.1 Å². The van der Waals surface area contributed by atoms with E-state index in [9.17, 15) is 9.90 Å². The Labute approximate surface area is 101 Å². The first-order valence-corrected chi connectivity index (χ1v) is 5.95. The van der Waals surface area contributed by atoms with Gasteiger partial charge in [0, 0.05) is 12.2 Å². The van der Waals surface area contributed by atoms with Gasteiger partial charge in [-0.1, -0.05) is 12.5 Å². The summed E-state index contributed by atoms with van der Waals surface area (Å²) >= 11 is 0. The van der Waals surface area contributed by atoms with E-state index in [1.165, 1.54) is 0 Å². The first-order valence-electron chi connectivity index (χ1n) is 5.95. The summed E-state index contributed by atoms with van der Waals surface area (Å²) in [5, 5.41) is 12.6. The van der Waals surface area contributed by atoms with Gasteiger partial charge in [-0.2, -0.15) is 0 Å². The normalized spacial score (nSPS) is 28.0. The molecule has 1 aromatic rings. The molecule has 1 aliphatic rings. The second-order valence-electron chi connectivity index (χ2n) is 5.03. The van der Waals surface area contributed by atoms with Crippen molar-refractivity contribution < 1.29 is 9.90 Å². The first kappa shape index (κ1) is 11.9. The summed E-state index contributed by atoms with van der Waals surface area (Å²) < 4.78 is 0. The number of carboxylic acids is 1. The Hall–Kier alpha value is -1.58. The van der Waals surface area contributed by atoms with Gasteiger partial charge in [-0.05, 0) is 38.3 Å². The molecule has 1 heterocycles. The highest BCUT2D eigenvalue weighted by Gasteiger charge is 2.45. The second-order valence-corrected chi connectivity index (χ2v) is 5.03. The number of carboxylic acid groups (broad SMARTS) is 1. The van der Waals surface area contributed by atoms with Gasteiger partial charge >= 0.3 is 5.97 Å². The Morgan fingerprint density at radius 1 is 1.59 bits per heavy atom. The third kappa shape index (κ3) is 2.25. The Balaban J connectivity index is 2.13. The molecular formula is C13H18N2O2. The van der Waals surface area contributed by atoms with Gasteiger partial charge < -0.3 is 10.4 Å². The van der Waals surface area contributed by atoms with Crippen molar-refractivity contribution in [2.45, 2.75) is 39.2 Å². The standard InChI is InChI=1S/C13H18N2O2/c1-9-5-6-11(14-8-9)15-10-4-3-7-13(10,2)12(16)17/h5-6,8,10H,3-4,7H2,1-2H3,(H,14,15)(H,16,17). The molecule has 1 aliphatic carbocycles. The zero-order valence-corrected chi connectivity index (χ0v) is 10.2. The number of anilines is 1. The molecule has 1 aromatic heterocycles. The van der Waals surface area contributed by atoms with Crippen LogP contribution in [-0.2, 0) is 4.79 Å². The van der Waals surface area contributed by atoms with Gasteiger partial charge in [0.15, 0.2) is 0 Å². The van der Waals surface area contributed by atoms with Crippen LogP contribution in [0.25, 0.3) is 0 Å². The van der Waals surface area contributed by atoms with E-state index in [0.717, 1.165) is 30.6 Å². The van der Waals surface area contributed by atoms with Crippen LogP contribution >= 0.6 is 0 Å². The number of hydrogen-bond acceptors (Lipinski definition) is 3. The highest BCUT2D eigenvalue weighted by molar-refractivity contribution is 5.76. The van der Waals surface area contributed by atoms with Crippen LogP contribution in [0.2, 0.25) is 0 Å². The SMILES string of the molecule is Cc1ccc(NC2CCCC2(C)C(=O)O)nc1. The van der Waals surface area contributed by atoms with Crippen molar-refractivity contribution in [2.24, 2.45) is 5.41 Å². The summed E-state index contributed by atoms with van der Waals surface area (Å²) in [6.45, 7) is 3.79. The fraction of sp³-hybridized carbons (Fsp3) is 0.538. The van der Waals surface area contributed by atoms with E-state index >= 15 is 0 Å². The number of hydrogen-bond donors (Lipinski definition) is 2. The molecule has 2 atom stereocenters. The molecule has 0 amide bonds. The molecule has 0 radical (unpaired) electrons. The molecule has 4 nitrogen and oxygen atoms in total. The van der Waals surface area contributed by atoms with Gasteiger partial charge in [0.1, 0.15) is 5.82 Å². The van der Waals surface area contributed by atoms with Crippen LogP contribution in [0.5, 0.6) is 0 Å². The average molecular weight is 234 g/mol. The number of nitrogens with zero attached hydrogens (tertiary/aromatic N) is 1. The van der Waals surface area contributed by atoms with Crippen LogP contribution < -0.4 is 5.32 Å². The van der Waals surface area contributed by atoms with Crippen LogP contribution in [0, 0.1) is 12.3 Å². The Kier molecular flexibility index (Phi) is 3.05. The highest BCUT2D eigenvalue weighted by Crippen LogP contribution is 2.39. The molecule has 0 saturated heterocycles. The summed E-state index contributed by atoms with van der Waals surface area (Å²) in [6.07, 6.45) is 4.35. The van der Waals surface area contributed by atoms with Gasteiger partial charge in [0.05, 0.1) is 5.41 Å². The van der Waals surface area contributed by atoms with Gasteiger partial charge in [-0.3, -0.25) is 4.79 Å². The molecule has 1 fully saturated rings. The summed E-state index contributed by atoms with van der Waals surface area (Å²) in [7, 11) is 0. The third-order valence-corrected chi connectivity index (χ3v) is 3.68. The lowest BCUT2D eigenvalue weighted by atomic mass is 9.85. The molecule has 4 heteroatoms. The predicted octanol–water partition coefficient (Wildman–Crippen LogP) is 2.45. The maximum absolute atomic E-state index is 11.3.